The number of rotatable bonds is 3. The van der Waals surface area contributed by atoms with Crippen LogP contribution in [-0.2, 0) is 6.42 Å². The Morgan fingerprint density at radius 1 is 1.29 bits per heavy atom. The van der Waals surface area contributed by atoms with E-state index >= 15 is 0 Å². The van der Waals surface area contributed by atoms with Crippen molar-refractivity contribution in [2.75, 3.05) is 0 Å². The number of hydrogen-bond acceptors (Lipinski definition) is 4. The molecule has 0 bridgehead atoms. The molecule has 0 aliphatic heterocycles. The predicted octanol–water partition coefficient (Wildman–Crippen LogP) is 3.83. The van der Waals surface area contributed by atoms with Crippen molar-refractivity contribution in [3.63, 3.8) is 0 Å². The Kier molecular flexibility index (Phi) is 3.65. The molecule has 1 N–H and O–H groups in total. The molecule has 0 aliphatic carbocycles. The number of nitrogens with zero attached hydrogens (tertiary/aromatic N) is 3. The van der Waals surface area contributed by atoms with Gasteiger partial charge in [0.05, 0.1) is 5.56 Å². The molecule has 7 heteroatoms. The smallest absolute Gasteiger partial charge is 0.274 e. The van der Waals surface area contributed by atoms with E-state index in [1.165, 1.54) is 0 Å². The summed E-state index contributed by atoms with van der Waals surface area (Å²) in [5.41, 5.74) is 1.84. The quantitative estimate of drug-likeness (QED) is 0.795. The van der Waals surface area contributed by atoms with Gasteiger partial charge in [-0.1, -0.05) is 34.4 Å². The number of hydrogen-bond donors (Lipinski definition) is 1. The molecular weight excluding hydrogens is 311 g/mol. The van der Waals surface area contributed by atoms with Gasteiger partial charge in [0.1, 0.15) is 11.8 Å². The standard InChI is InChI=1S/C14H8Cl2N4O/c15-10-2-1-3-11(16)9(10)5-13-19-14(21-20-13)12-4-8(6-17)7-18-12/h1-4,7,18H,5H2. The van der Waals surface area contributed by atoms with E-state index in [1.807, 2.05) is 6.07 Å². The second kappa shape index (κ2) is 5.60. The first-order valence-corrected chi connectivity index (χ1v) is 6.77. The molecule has 0 amide bonds. The Morgan fingerprint density at radius 2 is 2.05 bits per heavy atom. The summed E-state index contributed by atoms with van der Waals surface area (Å²) in [5, 5.41) is 13.8. The third-order valence-electron chi connectivity index (χ3n) is 2.91. The van der Waals surface area contributed by atoms with Crippen LogP contribution in [0.3, 0.4) is 0 Å². The van der Waals surface area contributed by atoms with Crippen LogP contribution >= 0.6 is 23.2 Å². The van der Waals surface area contributed by atoms with E-state index in [9.17, 15) is 0 Å². The summed E-state index contributed by atoms with van der Waals surface area (Å²) in [4.78, 5) is 7.17. The SMILES string of the molecule is N#Cc1c[nH]c(-c2nc(Cc3c(Cl)cccc3Cl)no2)c1. The van der Waals surface area contributed by atoms with Crippen molar-refractivity contribution in [2.24, 2.45) is 0 Å². The van der Waals surface area contributed by atoms with Gasteiger partial charge in [-0.05, 0) is 23.8 Å². The zero-order valence-corrected chi connectivity index (χ0v) is 12.1. The van der Waals surface area contributed by atoms with Crippen molar-refractivity contribution in [1.29, 1.82) is 5.26 Å². The first-order chi connectivity index (χ1) is 10.2. The maximum absolute atomic E-state index is 8.79. The van der Waals surface area contributed by atoms with Gasteiger partial charge in [0, 0.05) is 22.7 Å². The van der Waals surface area contributed by atoms with Crippen LogP contribution in [-0.4, -0.2) is 15.1 Å². The monoisotopic (exact) mass is 318 g/mol. The van der Waals surface area contributed by atoms with Gasteiger partial charge in [0.2, 0.25) is 0 Å². The highest BCUT2D eigenvalue weighted by molar-refractivity contribution is 6.36. The van der Waals surface area contributed by atoms with Crippen molar-refractivity contribution in [2.45, 2.75) is 6.42 Å². The minimum absolute atomic E-state index is 0.315. The Balaban J connectivity index is 1.87. The molecule has 3 aromatic rings. The molecule has 0 atom stereocenters. The average molecular weight is 319 g/mol. The summed E-state index contributed by atoms with van der Waals surface area (Å²) in [5.74, 6) is 0.780. The topological polar surface area (TPSA) is 78.5 Å². The molecule has 1 aromatic carbocycles. The van der Waals surface area contributed by atoms with Crippen LogP contribution < -0.4 is 0 Å². The predicted molar refractivity (Wildman–Crippen MR) is 78.1 cm³/mol. The fraction of sp³-hybridized carbons (Fsp3) is 0.0714. The van der Waals surface area contributed by atoms with Gasteiger partial charge in [-0.3, -0.25) is 0 Å². The first kappa shape index (κ1) is 13.7. The molecule has 0 unspecified atom stereocenters. The molecule has 0 spiro atoms. The number of nitrogens with one attached hydrogen (secondary N) is 1. The summed E-state index contributed by atoms with van der Waals surface area (Å²) < 4.78 is 5.17. The lowest BCUT2D eigenvalue weighted by molar-refractivity contribution is 0.423. The van der Waals surface area contributed by atoms with E-state index in [0.717, 1.165) is 5.56 Å². The number of aromatic amines is 1. The summed E-state index contributed by atoms with van der Waals surface area (Å²) in [6, 6.07) is 8.95. The summed E-state index contributed by atoms with van der Waals surface area (Å²) >= 11 is 12.2. The van der Waals surface area contributed by atoms with Gasteiger partial charge in [0.15, 0.2) is 5.82 Å². The van der Waals surface area contributed by atoms with Gasteiger partial charge in [-0.2, -0.15) is 10.2 Å². The Labute approximate surface area is 130 Å². The molecule has 0 fully saturated rings. The second-order valence-corrected chi connectivity index (χ2v) is 5.12. The normalized spacial score (nSPS) is 10.5. The number of benzene rings is 1. The van der Waals surface area contributed by atoms with E-state index < -0.39 is 0 Å². The van der Waals surface area contributed by atoms with E-state index in [4.69, 9.17) is 33.0 Å². The molecule has 0 saturated carbocycles. The van der Waals surface area contributed by atoms with Crippen LogP contribution in [0.15, 0.2) is 35.0 Å². The molecule has 2 aromatic heterocycles. The van der Waals surface area contributed by atoms with Gasteiger partial charge in [-0.15, -0.1) is 0 Å². The largest absolute Gasteiger partial charge is 0.356 e. The van der Waals surface area contributed by atoms with Crippen LogP contribution in [0.4, 0.5) is 0 Å². The zero-order chi connectivity index (χ0) is 14.8. The lowest BCUT2D eigenvalue weighted by Crippen LogP contribution is -1.93. The fourth-order valence-corrected chi connectivity index (χ4v) is 2.41. The lowest BCUT2D eigenvalue weighted by Gasteiger charge is -2.02. The van der Waals surface area contributed by atoms with E-state index in [2.05, 4.69) is 15.1 Å². The van der Waals surface area contributed by atoms with Gasteiger partial charge in [-0.25, -0.2) is 0 Å². The summed E-state index contributed by atoms with van der Waals surface area (Å²) in [7, 11) is 0. The van der Waals surface area contributed by atoms with Gasteiger partial charge < -0.3 is 9.51 Å². The van der Waals surface area contributed by atoms with Crippen molar-refractivity contribution >= 4 is 23.2 Å². The van der Waals surface area contributed by atoms with Crippen molar-refractivity contribution < 1.29 is 4.52 Å². The molecule has 2 heterocycles. The third kappa shape index (κ3) is 2.77. The second-order valence-electron chi connectivity index (χ2n) is 4.31. The molecule has 5 nitrogen and oxygen atoms in total. The summed E-state index contributed by atoms with van der Waals surface area (Å²) in [6.07, 6.45) is 1.94. The van der Waals surface area contributed by atoms with Gasteiger partial charge >= 0.3 is 0 Å². The van der Waals surface area contributed by atoms with Crippen LogP contribution in [0.1, 0.15) is 17.0 Å². The van der Waals surface area contributed by atoms with Crippen LogP contribution in [0.5, 0.6) is 0 Å². The van der Waals surface area contributed by atoms with Crippen molar-refractivity contribution in [3.8, 4) is 17.7 Å². The fourth-order valence-electron chi connectivity index (χ4n) is 1.88. The third-order valence-corrected chi connectivity index (χ3v) is 3.62. The van der Waals surface area contributed by atoms with Crippen LogP contribution in [0.25, 0.3) is 11.6 Å². The van der Waals surface area contributed by atoms with E-state index in [-0.39, 0.29) is 0 Å². The van der Waals surface area contributed by atoms with E-state index in [0.29, 0.717) is 39.4 Å². The molecule has 0 saturated heterocycles. The molecule has 104 valence electrons. The Bertz CT molecular complexity index is 811. The highest BCUT2D eigenvalue weighted by atomic mass is 35.5. The average Bonchev–Trinajstić information content (AvgIpc) is 3.11. The molecule has 21 heavy (non-hydrogen) atoms. The Morgan fingerprint density at radius 3 is 2.71 bits per heavy atom. The first-order valence-electron chi connectivity index (χ1n) is 6.01. The number of halogens is 2. The van der Waals surface area contributed by atoms with Crippen LogP contribution in [0, 0.1) is 11.3 Å². The maximum Gasteiger partial charge on any atom is 0.274 e. The number of nitriles is 1. The molecular formula is C14H8Cl2N4O. The summed E-state index contributed by atoms with van der Waals surface area (Å²) in [6.45, 7) is 0. The van der Waals surface area contributed by atoms with Gasteiger partial charge in [0.25, 0.3) is 5.89 Å². The van der Waals surface area contributed by atoms with E-state index in [1.54, 1.807) is 30.5 Å². The molecule has 3 rings (SSSR count). The minimum atomic E-state index is 0.315. The minimum Gasteiger partial charge on any atom is -0.356 e. The maximum atomic E-state index is 8.79. The van der Waals surface area contributed by atoms with Crippen molar-refractivity contribution in [1.82, 2.24) is 15.1 Å². The highest BCUT2D eigenvalue weighted by Gasteiger charge is 2.14. The zero-order valence-electron chi connectivity index (χ0n) is 10.6. The molecule has 0 aliphatic rings. The number of H-pyrrole nitrogens is 1. The van der Waals surface area contributed by atoms with Crippen molar-refractivity contribution in [3.05, 3.63) is 57.5 Å². The Hall–Kier alpha value is -2.29. The van der Waals surface area contributed by atoms with Crippen LogP contribution in [0.2, 0.25) is 10.0 Å². The highest BCUT2D eigenvalue weighted by Crippen LogP contribution is 2.26. The lowest BCUT2D eigenvalue weighted by atomic mass is 10.1. The molecule has 0 radical (unpaired) electrons. The number of aromatic nitrogens is 3.